The van der Waals surface area contributed by atoms with Crippen LogP contribution in [0.25, 0.3) is 0 Å². The highest BCUT2D eigenvalue weighted by Gasteiger charge is 2.79. The molecule has 99 heavy (non-hydrogen) atoms. The van der Waals surface area contributed by atoms with Crippen LogP contribution in [0.1, 0.15) is 93.4 Å². The number of aliphatic hydroxyl groups excluding tert-OH is 16. The van der Waals surface area contributed by atoms with Gasteiger partial charge in [0.1, 0.15) is 145 Å². The predicted octanol–water partition coefficient (Wildman–Crippen LogP) is -4.34. The smallest absolute Gasteiger partial charge is 0.316 e. The SMILES string of the molecule is C=C(C)/C=C/C[C@]1(C)OC(=O)[C@]23[C@@H](O)C=C4[C@H](CC[C@H]5C(C)(C)[C@@H](O[C@@H]6OC[C@@H](O[C@@H]7O[C@H](CO)[C@@H](O)[C@H](O[C@@H]8O[C@H](CO)[C@@H](O)[C@H](OC)[C@H]8O)[C@H]7O)[C@H](O)[C@H]6O[C@@H]6O[C@H](C)[C@@H](O[C@@H]7O[C@H](CO)[C@@H](O)[C@H](O[C@@H]8O[C@H](CO)[C@@H](O)[C@H](OC)[C@H]8O)[C@H]7O)[C@H](O)[C@H]6O)CC[C@]45C)[C@]2(C)CC[C@@H]31. The molecule has 32 heteroatoms. The molecule has 1 spiro atoms. The molecule has 0 aromatic rings. The van der Waals surface area contributed by atoms with Gasteiger partial charge in [-0.05, 0) is 87.4 Å². The van der Waals surface area contributed by atoms with E-state index >= 15 is 0 Å². The third-order valence-corrected chi connectivity index (χ3v) is 24.3. The van der Waals surface area contributed by atoms with Crippen molar-refractivity contribution in [2.24, 2.45) is 39.4 Å². The Morgan fingerprint density at radius 1 is 0.535 bits per heavy atom. The average Bonchev–Trinajstić information content (AvgIpc) is 1.50. The summed E-state index contributed by atoms with van der Waals surface area (Å²) in [6.07, 6.45) is -41.1. The minimum atomic E-state index is -2.09. The molecule has 0 amide bonds. The second kappa shape index (κ2) is 30.0. The van der Waals surface area contributed by atoms with Crippen molar-refractivity contribution < 1.29 is 158 Å². The minimum Gasteiger partial charge on any atom is -0.458 e. The van der Waals surface area contributed by atoms with Crippen molar-refractivity contribution in [3.63, 3.8) is 0 Å². The van der Waals surface area contributed by atoms with E-state index in [4.69, 9.17) is 71.1 Å². The summed E-state index contributed by atoms with van der Waals surface area (Å²) in [5.41, 5.74) is -1.94. The summed E-state index contributed by atoms with van der Waals surface area (Å²) >= 11 is 0. The molecule has 3 saturated carbocycles. The van der Waals surface area contributed by atoms with Crippen LogP contribution in [-0.4, -0.2) is 331 Å². The van der Waals surface area contributed by atoms with Crippen LogP contribution in [0.5, 0.6) is 0 Å². The predicted molar refractivity (Wildman–Crippen MR) is 332 cm³/mol. The number of esters is 1. The summed E-state index contributed by atoms with van der Waals surface area (Å²) in [5, 5.41) is 180. The number of methoxy groups -OCH3 is 2. The number of carbonyl (C=O) groups excluding carboxylic acids is 1. The van der Waals surface area contributed by atoms with Crippen LogP contribution < -0.4 is 0 Å². The Kier molecular flexibility index (Phi) is 23.5. The molecule has 7 saturated heterocycles. The lowest BCUT2D eigenvalue weighted by Crippen LogP contribution is -2.67. The zero-order valence-electron chi connectivity index (χ0n) is 57.2. The van der Waals surface area contributed by atoms with Gasteiger partial charge in [0.25, 0.3) is 0 Å². The maximum atomic E-state index is 14.6. The van der Waals surface area contributed by atoms with E-state index in [0.29, 0.717) is 44.9 Å². The molecule has 7 aliphatic heterocycles. The number of rotatable bonds is 21. The van der Waals surface area contributed by atoms with Crippen LogP contribution in [0, 0.1) is 39.4 Å². The summed E-state index contributed by atoms with van der Waals surface area (Å²) in [6.45, 7) is 13.9. The Balaban J connectivity index is 0.841. The molecule has 0 bridgehead atoms. The van der Waals surface area contributed by atoms with E-state index in [1.807, 2.05) is 32.1 Å². The first-order chi connectivity index (χ1) is 46.8. The Morgan fingerprint density at radius 3 is 1.52 bits per heavy atom. The molecule has 32 nitrogen and oxygen atoms in total. The van der Waals surface area contributed by atoms with Crippen LogP contribution in [0.4, 0.5) is 0 Å². The van der Waals surface area contributed by atoms with Gasteiger partial charge in [0.15, 0.2) is 37.7 Å². The van der Waals surface area contributed by atoms with E-state index in [9.17, 15) is 86.5 Å². The van der Waals surface area contributed by atoms with Crippen molar-refractivity contribution in [2.45, 2.75) is 289 Å². The standard InChI is InChI=1S/C67H106O32/c1-26(2)12-11-17-66(8)36-15-19-65(7)28-13-14-35-63(4,5)38(16-18-64(35,6)29(28)20-37(72)67(36,65)62(84)99-66)94-61-55(43(77)34(25-87-61)93-57-48(82)53(41(75)32(23-70)89-57)96-58-46(80)51(85-9)39(73)30(21-68)90-58)98-56-45(79)44(78)50(27(3)88-56)95-60-49(83)54(42(76)33(24-71)92-60)97-59-47(81)52(86-10)40(74)31(22-69)91-59/h11-12,20,27-28,30-61,68-83H,1,13-19,21-25H2,2-10H3/b12-11+/t27-,28+,30-,31-,32-,33-,34-,35+,36-,37+,38+,39-,40-,41-,42-,43+,44-,45-,46-,47-,48-,49-,50-,51+,52+,53+,54+,55-,56+,57+,58+,59+,60+,61+,64-,65+,66+,67+/m1/s1. The van der Waals surface area contributed by atoms with Crippen molar-refractivity contribution >= 4 is 5.97 Å². The van der Waals surface area contributed by atoms with Gasteiger partial charge in [-0.25, -0.2) is 0 Å². The van der Waals surface area contributed by atoms with Crippen molar-refractivity contribution in [3.05, 3.63) is 36.0 Å². The van der Waals surface area contributed by atoms with E-state index in [0.717, 1.165) is 11.1 Å². The molecular formula is C67H106O32. The summed E-state index contributed by atoms with van der Waals surface area (Å²) in [5.74, 6) is -0.803. The molecule has 566 valence electrons. The van der Waals surface area contributed by atoms with E-state index in [1.54, 1.807) is 0 Å². The lowest BCUT2D eigenvalue weighted by Gasteiger charge is -2.64. The van der Waals surface area contributed by atoms with Gasteiger partial charge in [-0.1, -0.05) is 63.6 Å². The molecule has 10 fully saturated rings. The lowest BCUT2D eigenvalue weighted by atomic mass is 9.40. The maximum absolute atomic E-state index is 14.6. The van der Waals surface area contributed by atoms with Crippen LogP contribution in [-0.2, 0) is 75.8 Å². The summed E-state index contributed by atoms with van der Waals surface area (Å²) < 4.78 is 90.1. The number of ether oxygens (including phenoxy) is 15. The molecule has 4 aliphatic carbocycles. The highest BCUT2D eigenvalue weighted by atomic mass is 16.8. The van der Waals surface area contributed by atoms with Crippen LogP contribution >= 0.6 is 0 Å². The van der Waals surface area contributed by atoms with Crippen molar-refractivity contribution in [1.29, 1.82) is 0 Å². The molecule has 16 N–H and O–H groups in total. The molecule has 11 rings (SSSR count). The molecule has 0 unspecified atom stereocenters. The van der Waals surface area contributed by atoms with E-state index in [2.05, 4.69) is 34.3 Å². The molecule has 0 radical (unpaired) electrons. The Bertz CT molecular complexity index is 2840. The zero-order chi connectivity index (χ0) is 72.1. The quantitative estimate of drug-likeness (QED) is 0.0224. The van der Waals surface area contributed by atoms with E-state index < -0.39 is 251 Å². The minimum absolute atomic E-state index is 0.0693. The zero-order valence-corrected chi connectivity index (χ0v) is 57.2. The lowest BCUT2D eigenvalue weighted by molar-refractivity contribution is -0.397. The van der Waals surface area contributed by atoms with Crippen molar-refractivity contribution in [3.8, 4) is 0 Å². The Hall–Kier alpha value is -2.51. The highest BCUT2D eigenvalue weighted by molar-refractivity contribution is 5.84. The van der Waals surface area contributed by atoms with Gasteiger partial charge >= 0.3 is 5.97 Å². The van der Waals surface area contributed by atoms with Gasteiger partial charge in [-0.3, -0.25) is 4.79 Å². The average molecular weight is 1420 g/mol. The monoisotopic (exact) mass is 1420 g/mol. The normalized spacial score (nSPS) is 52.9. The van der Waals surface area contributed by atoms with Crippen molar-refractivity contribution in [1.82, 2.24) is 0 Å². The van der Waals surface area contributed by atoms with Gasteiger partial charge in [0.2, 0.25) is 0 Å². The van der Waals surface area contributed by atoms with Gasteiger partial charge in [0, 0.05) is 26.6 Å². The van der Waals surface area contributed by atoms with Crippen LogP contribution in [0.2, 0.25) is 0 Å². The largest absolute Gasteiger partial charge is 0.458 e. The molecule has 11 aliphatic rings. The van der Waals surface area contributed by atoms with Crippen LogP contribution in [0.15, 0.2) is 36.0 Å². The first-order valence-electron chi connectivity index (χ1n) is 34.5. The topological polar surface area (TPSA) is 479 Å². The number of hydrogen-bond acceptors (Lipinski definition) is 32. The molecule has 0 aromatic heterocycles. The first kappa shape index (κ1) is 77.6. The maximum Gasteiger partial charge on any atom is 0.316 e. The Labute approximate surface area is 573 Å². The van der Waals surface area contributed by atoms with Gasteiger partial charge in [0.05, 0.1) is 51.3 Å². The molecule has 7 heterocycles. The summed E-state index contributed by atoms with van der Waals surface area (Å²) in [6, 6.07) is 0. The third kappa shape index (κ3) is 13.3. The highest BCUT2D eigenvalue weighted by Crippen LogP contribution is 2.76. The number of allylic oxidation sites excluding steroid dienone is 3. The van der Waals surface area contributed by atoms with Gasteiger partial charge in [-0.2, -0.15) is 0 Å². The van der Waals surface area contributed by atoms with Gasteiger partial charge in [-0.15, -0.1) is 0 Å². The summed E-state index contributed by atoms with van der Waals surface area (Å²) in [7, 11) is 2.36. The fourth-order valence-electron chi connectivity index (χ4n) is 19.0. The molecule has 38 atom stereocenters. The Morgan fingerprint density at radius 2 is 1.01 bits per heavy atom. The third-order valence-electron chi connectivity index (χ3n) is 24.3. The number of aliphatic hydroxyl groups is 16. The first-order valence-corrected chi connectivity index (χ1v) is 34.5. The molecular weight excluding hydrogens is 1320 g/mol. The van der Waals surface area contributed by atoms with E-state index in [1.165, 1.54) is 21.1 Å². The number of hydrogen-bond donors (Lipinski definition) is 16. The summed E-state index contributed by atoms with van der Waals surface area (Å²) in [4.78, 5) is 14.6. The van der Waals surface area contributed by atoms with E-state index in [-0.39, 0.29) is 23.7 Å². The van der Waals surface area contributed by atoms with Crippen LogP contribution in [0.3, 0.4) is 0 Å². The second-order valence-electron chi connectivity index (χ2n) is 30.4. The fraction of sp³-hybridized carbons (Fsp3) is 0.896. The number of cyclic esters (lactones) is 1. The van der Waals surface area contributed by atoms with Gasteiger partial charge < -0.3 is 153 Å². The fourth-order valence-corrected chi connectivity index (χ4v) is 19.0. The van der Waals surface area contributed by atoms with Crippen molar-refractivity contribution in [2.75, 3.05) is 47.3 Å². The molecule has 0 aromatic carbocycles. The number of fused-ring (bicyclic) bond motifs is 4. The second-order valence-corrected chi connectivity index (χ2v) is 30.4. The number of carbonyl (C=O) groups is 1.